The van der Waals surface area contributed by atoms with Crippen LogP contribution in [0.25, 0.3) is 0 Å². The summed E-state index contributed by atoms with van der Waals surface area (Å²) >= 11 is 0. The second-order valence-electron chi connectivity index (χ2n) is 5.37. The van der Waals surface area contributed by atoms with E-state index in [0.717, 1.165) is 12.8 Å². The van der Waals surface area contributed by atoms with Crippen molar-refractivity contribution in [3.63, 3.8) is 0 Å². The van der Waals surface area contributed by atoms with E-state index in [9.17, 15) is 9.36 Å². The fraction of sp³-hybridized carbons (Fsp3) is 0.933. The van der Waals surface area contributed by atoms with E-state index in [1.807, 2.05) is 0 Å². The van der Waals surface area contributed by atoms with Crippen LogP contribution < -0.4 is 5.73 Å². The van der Waals surface area contributed by atoms with Crippen LogP contribution in [0.5, 0.6) is 0 Å². The second kappa shape index (κ2) is 16.9. The lowest BCUT2D eigenvalue weighted by atomic mass is 10.1. The molecule has 0 aliphatic heterocycles. The molecule has 0 spiro atoms. The van der Waals surface area contributed by atoms with Gasteiger partial charge in [0.15, 0.2) is 0 Å². The van der Waals surface area contributed by atoms with Crippen LogP contribution in [0.4, 0.5) is 0 Å². The van der Waals surface area contributed by atoms with E-state index in [1.165, 1.54) is 44.9 Å². The molecule has 0 aromatic carbocycles. The van der Waals surface area contributed by atoms with Gasteiger partial charge >= 0.3 is 7.82 Å². The summed E-state index contributed by atoms with van der Waals surface area (Å²) in [7, 11) is -4.18. The highest BCUT2D eigenvalue weighted by Gasteiger charge is 2.11. The molecule has 0 aliphatic rings. The third-order valence-electron chi connectivity index (χ3n) is 2.99. The first kappa shape index (κ1) is 23.8. The molecule has 7 heteroatoms. The maximum atomic E-state index is 10.4. The minimum Gasteiger partial charge on any atom is -0.370 e. The van der Waals surface area contributed by atoms with Gasteiger partial charge in [0.1, 0.15) is 0 Å². The lowest BCUT2D eigenvalue weighted by Crippen LogP contribution is -2.09. The van der Waals surface area contributed by atoms with E-state index in [-0.39, 0.29) is 12.5 Å². The van der Waals surface area contributed by atoms with Crippen molar-refractivity contribution in [3.8, 4) is 0 Å². The van der Waals surface area contributed by atoms with Crippen molar-refractivity contribution >= 4 is 13.7 Å². The molecule has 0 radical (unpaired) electrons. The highest BCUT2D eigenvalue weighted by atomic mass is 31.2. The zero-order valence-electron chi connectivity index (χ0n) is 14.1. The average molecular weight is 339 g/mol. The van der Waals surface area contributed by atoms with E-state index in [0.29, 0.717) is 12.8 Å². The van der Waals surface area contributed by atoms with Crippen molar-refractivity contribution in [2.75, 3.05) is 6.61 Å². The van der Waals surface area contributed by atoms with Crippen LogP contribution in [-0.2, 0) is 13.9 Å². The van der Waals surface area contributed by atoms with Crippen molar-refractivity contribution in [3.05, 3.63) is 0 Å². The average Bonchev–Trinajstić information content (AvgIpc) is 2.43. The lowest BCUT2D eigenvalue weighted by Gasteiger charge is -2.00. The minimum absolute atomic E-state index is 0.115. The summed E-state index contributed by atoms with van der Waals surface area (Å²) in [6.45, 7) is 4.13. The van der Waals surface area contributed by atoms with Crippen molar-refractivity contribution < 1.29 is 23.7 Å². The molecule has 0 aliphatic carbocycles. The standard InChI is InChI=1S/C12H25NO.C3H9O4P/c1-2-3-4-5-6-7-8-9-10-11-12(13)14;1-2-3-7-8(4,5)6/h2-11H2,1H3,(H2,13,14);2-3H2,1H3,(H2,4,5,6). The van der Waals surface area contributed by atoms with E-state index < -0.39 is 7.82 Å². The monoisotopic (exact) mass is 339 g/mol. The Hall–Kier alpha value is -0.420. The number of unbranched alkanes of at least 4 members (excludes halogenated alkanes) is 8. The Labute approximate surface area is 135 Å². The molecule has 4 N–H and O–H groups in total. The first-order valence-electron chi connectivity index (χ1n) is 8.31. The van der Waals surface area contributed by atoms with Gasteiger partial charge in [0.2, 0.25) is 5.91 Å². The number of carbonyl (C=O) groups is 1. The maximum absolute atomic E-state index is 10.4. The van der Waals surface area contributed by atoms with Gasteiger partial charge in [-0.15, -0.1) is 0 Å². The molecule has 134 valence electrons. The molecule has 0 saturated carbocycles. The summed E-state index contributed by atoms with van der Waals surface area (Å²) in [6, 6.07) is 0. The SMILES string of the molecule is CCCCCCCCCCCC(N)=O.CCCOP(=O)(O)O. The maximum Gasteiger partial charge on any atom is 0.469 e. The first-order valence-corrected chi connectivity index (χ1v) is 9.84. The van der Waals surface area contributed by atoms with Crippen molar-refractivity contribution in [1.29, 1.82) is 0 Å². The number of phosphoric ester groups is 1. The number of phosphoric acid groups is 1. The third kappa shape index (κ3) is 27.8. The van der Waals surface area contributed by atoms with Crippen molar-refractivity contribution in [2.24, 2.45) is 5.73 Å². The Bertz CT molecular complexity index is 294. The highest BCUT2D eigenvalue weighted by Crippen LogP contribution is 2.35. The van der Waals surface area contributed by atoms with Crippen LogP contribution in [0.2, 0.25) is 0 Å². The summed E-state index contributed by atoms with van der Waals surface area (Å²) in [5, 5.41) is 0. The molecule has 0 heterocycles. The van der Waals surface area contributed by atoms with E-state index in [4.69, 9.17) is 15.5 Å². The number of nitrogens with two attached hydrogens (primary N) is 1. The molecule has 0 aromatic heterocycles. The van der Waals surface area contributed by atoms with Gasteiger partial charge in [-0.3, -0.25) is 9.32 Å². The Balaban J connectivity index is 0. The molecule has 0 aromatic rings. The van der Waals surface area contributed by atoms with Gasteiger partial charge in [-0.25, -0.2) is 4.57 Å². The number of rotatable bonds is 13. The van der Waals surface area contributed by atoms with Gasteiger partial charge in [-0.05, 0) is 12.8 Å². The molecule has 6 nitrogen and oxygen atoms in total. The van der Waals surface area contributed by atoms with Gasteiger partial charge < -0.3 is 15.5 Å². The topological polar surface area (TPSA) is 110 Å². The van der Waals surface area contributed by atoms with Gasteiger partial charge in [0.05, 0.1) is 6.61 Å². The van der Waals surface area contributed by atoms with Gasteiger partial charge in [0, 0.05) is 6.42 Å². The minimum atomic E-state index is -4.18. The number of hydrogen-bond donors (Lipinski definition) is 3. The number of amides is 1. The van der Waals surface area contributed by atoms with Crippen LogP contribution in [0.1, 0.15) is 84.5 Å². The summed E-state index contributed by atoms with van der Waals surface area (Å²) in [6.07, 6.45) is 12.7. The molecule has 0 rings (SSSR count). The van der Waals surface area contributed by atoms with Crippen LogP contribution in [0.3, 0.4) is 0 Å². The fourth-order valence-electron chi connectivity index (χ4n) is 1.82. The summed E-state index contributed by atoms with van der Waals surface area (Å²) in [5.41, 5.74) is 5.05. The van der Waals surface area contributed by atoms with Crippen molar-refractivity contribution in [1.82, 2.24) is 0 Å². The van der Waals surface area contributed by atoms with Crippen LogP contribution in [0, 0.1) is 0 Å². The van der Waals surface area contributed by atoms with E-state index >= 15 is 0 Å². The molecule has 0 fully saturated rings. The normalized spacial score (nSPS) is 10.9. The third-order valence-corrected chi connectivity index (χ3v) is 3.51. The fourth-order valence-corrected chi connectivity index (χ4v) is 2.24. The van der Waals surface area contributed by atoms with Gasteiger partial charge in [0.25, 0.3) is 0 Å². The largest absolute Gasteiger partial charge is 0.469 e. The predicted molar refractivity (Wildman–Crippen MR) is 89.3 cm³/mol. The predicted octanol–water partition coefficient (Wildman–Crippen LogP) is 3.90. The number of primary amides is 1. The smallest absolute Gasteiger partial charge is 0.370 e. The molecule has 22 heavy (non-hydrogen) atoms. The molecular weight excluding hydrogens is 305 g/mol. The zero-order chi connectivity index (χ0) is 17.3. The lowest BCUT2D eigenvalue weighted by molar-refractivity contribution is -0.118. The quantitative estimate of drug-likeness (QED) is 0.348. The van der Waals surface area contributed by atoms with E-state index in [2.05, 4.69) is 11.4 Å². The van der Waals surface area contributed by atoms with Crippen LogP contribution in [0.15, 0.2) is 0 Å². The van der Waals surface area contributed by atoms with Gasteiger partial charge in [-0.1, -0.05) is 65.2 Å². The molecule has 0 saturated heterocycles. The molecular formula is C15H34NO5P. The summed E-state index contributed by atoms with van der Waals surface area (Å²) in [5.74, 6) is -0.159. The van der Waals surface area contributed by atoms with Gasteiger partial charge in [-0.2, -0.15) is 0 Å². The van der Waals surface area contributed by atoms with E-state index in [1.54, 1.807) is 6.92 Å². The van der Waals surface area contributed by atoms with Crippen LogP contribution >= 0.6 is 7.82 Å². The number of carbonyl (C=O) groups excluding carboxylic acids is 1. The first-order chi connectivity index (χ1) is 10.3. The van der Waals surface area contributed by atoms with Crippen molar-refractivity contribution in [2.45, 2.75) is 84.5 Å². The molecule has 0 unspecified atom stereocenters. The van der Waals surface area contributed by atoms with Crippen LogP contribution in [-0.4, -0.2) is 22.3 Å². The molecule has 0 bridgehead atoms. The molecule has 1 amide bonds. The summed E-state index contributed by atoms with van der Waals surface area (Å²) in [4.78, 5) is 26.5. The Morgan fingerprint density at radius 2 is 1.36 bits per heavy atom. The molecule has 0 atom stereocenters. The highest BCUT2D eigenvalue weighted by molar-refractivity contribution is 7.46. The second-order valence-corrected chi connectivity index (χ2v) is 6.61. The Morgan fingerprint density at radius 3 is 1.68 bits per heavy atom. The Kier molecular flexibility index (Phi) is 18.4. The summed E-state index contributed by atoms with van der Waals surface area (Å²) < 4.78 is 13.9. The zero-order valence-corrected chi connectivity index (χ0v) is 15.0. The Morgan fingerprint density at radius 1 is 0.909 bits per heavy atom. The number of hydrogen-bond acceptors (Lipinski definition) is 3.